The number of nitro groups is 1. The number of hydrogen-bond acceptors (Lipinski definition) is 4. The Morgan fingerprint density at radius 1 is 1.12 bits per heavy atom. The summed E-state index contributed by atoms with van der Waals surface area (Å²) in [6, 6.07) is 11.8. The summed E-state index contributed by atoms with van der Waals surface area (Å²) in [5.74, 6) is 0.580. The van der Waals surface area contributed by atoms with Crippen LogP contribution in [-0.2, 0) is 0 Å². The van der Waals surface area contributed by atoms with E-state index in [1.807, 2.05) is 6.07 Å². The lowest BCUT2D eigenvalue weighted by molar-refractivity contribution is -0.383. The molecule has 0 aliphatic carbocycles. The molecule has 0 radical (unpaired) electrons. The summed E-state index contributed by atoms with van der Waals surface area (Å²) >= 11 is 0. The van der Waals surface area contributed by atoms with Gasteiger partial charge >= 0.3 is 0 Å². The molecule has 16 heavy (non-hydrogen) atoms. The summed E-state index contributed by atoms with van der Waals surface area (Å²) in [4.78, 5) is 14.4. The number of benzene rings is 1. The molecule has 0 spiro atoms. The predicted octanol–water partition coefficient (Wildman–Crippen LogP) is 2.73. The van der Waals surface area contributed by atoms with Gasteiger partial charge in [0.05, 0.1) is 4.92 Å². The summed E-state index contributed by atoms with van der Waals surface area (Å²) in [6.45, 7) is 0. The van der Waals surface area contributed by atoms with E-state index in [2.05, 4.69) is 10.3 Å². The molecule has 0 amide bonds. The molecule has 80 valence electrons. The third-order valence-corrected chi connectivity index (χ3v) is 2.03. The number of nitro benzene ring substituents is 1. The van der Waals surface area contributed by atoms with E-state index in [1.165, 1.54) is 6.07 Å². The van der Waals surface area contributed by atoms with Gasteiger partial charge in [-0.25, -0.2) is 4.98 Å². The first-order valence-electron chi connectivity index (χ1n) is 4.69. The van der Waals surface area contributed by atoms with Crippen LogP contribution in [0.4, 0.5) is 17.2 Å². The van der Waals surface area contributed by atoms with E-state index >= 15 is 0 Å². The first kappa shape index (κ1) is 10.1. The molecule has 0 aliphatic heterocycles. The first-order chi connectivity index (χ1) is 7.77. The Kier molecular flexibility index (Phi) is 2.77. The van der Waals surface area contributed by atoms with Gasteiger partial charge in [0.1, 0.15) is 11.5 Å². The number of aromatic nitrogens is 1. The standard InChI is InChI=1S/C11H9N3O2/c15-14(16)10-6-2-1-5-9(10)13-11-7-3-4-8-12-11/h1-8H,(H,12,13). The van der Waals surface area contributed by atoms with Crippen molar-refractivity contribution in [1.29, 1.82) is 0 Å². The number of nitrogens with one attached hydrogen (secondary N) is 1. The van der Waals surface area contributed by atoms with Gasteiger partial charge in [-0.2, -0.15) is 0 Å². The fourth-order valence-electron chi connectivity index (χ4n) is 1.31. The molecule has 2 rings (SSSR count). The summed E-state index contributed by atoms with van der Waals surface area (Å²) in [7, 11) is 0. The highest BCUT2D eigenvalue weighted by Gasteiger charge is 2.11. The molecule has 1 aromatic heterocycles. The summed E-state index contributed by atoms with van der Waals surface area (Å²) in [5.41, 5.74) is 0.472. The number of para-hydroxylation sites is 2. The van der Waals surface area contributed by atoms with E-state index in [1.54, 1.807) is 36.5 Å². The second-order valence-corrected chi connectivity index (χ2v) is 3.11. The minimum atomic E-state index is -0.425. The number of anilines is 2. The van der Waals surface area contributed by atoms with Crippen molar-refractivity contribution in [2.45, 2.75) is 0 Å². The summed E-state index contributed by atoms with van der Waals surface area (Å²) in [6.07, 6.45) is 1.62. The maximum atomic E-state index is 10.8. The molecule has 0 unspecified atom stereocenters. The average Bonchev–Trinajstić information content (AvgIpc) is 2.31. The zero-order chi connectivity index (χ0) is 11.4. The van der Waals surface area contributed by atoms with Crippen molar-refractivity contribution < 1.29 is 4.92 Å². The van der Waals surface area contributed by atoms with Gasteiger partial charge in [-0.1, -0.05) is 18.2 Å². The molecule has 1 heterocycles. The second-order valence-electron chi connectivity index (χ2n) is 3.11. The van der Waals surface area contributed by atoms with Crippen LogP contribution < -0.4 is 5.32 Å². The highest BCUT2D eigenvalue weighted by Crippen LogP contribution is 2.25. The molecular formula is C11H9N3O2. The average molecular weight is 215 g/mol. The van der Waals surface area contributed by atoms with Crippen LogP contribution in [0.3, 0.4) is 0 Å². The van der Waals surface area contributed by atoms with Crippen molar-refractivity contribution in [2.24, 2.45) is 0 Å². The Bertz CT molecular complexity index is 500. The van der Waals surface area contributed by atoms with E-state index in [-0.39, 0.29) is 5.69 Å². The van der Waals surface area contributed by atoms with Crippen molar-refractivity contribution in [1.82, 2.24) is 4.98 Å². The summed E-state index contributed by atoms with van der Waals surface area (Å²) in [5, 5.41) is 13.7. The second kappa shape index (κ2) is 4.39. The highest BCUT2D eigenvalue weighted by molar-refractivity contribution is 5.67. The smallest absolute Gasteiger partial charge is 0.292 e. The largest absolute Gasteiger partial charge is 0.335 e. The van der Waals surface area contributed by atoms with Gasteiger partial charge in [0, 0.05) is 12.3 Å². The number of nitrogens with zero attached hydrogens (tertiary/aromatic N) is 2. The van der Waals surface area contributed by atoms with Gasteiger partial charge in [0.2, 0.25) is 0 Å². The van der Waals surface area contributed by atoms with Crippen LogP contribution in [0.5, 0.6) is 0 Å². The first-order valence-corrected chi connectivity index (χ1v) is 4.69. The fraction of sp³-hybridized carbons (Fsp3) is 0. The van der Waals surface area contributed by atoms with Gasteiger partial charge in [0.15, 0.2) is 0 Å². The lowest BCUT2D eigenvalue weighted by Crippen LogP contribution is -1.97. The molecular weight excluding hydrogens is 206 g/mol. The van der Waals surface area contributed by atoms with E-state index < -0.39 is 4.92 Å². The Hall–Kier alpha value is -2.43. The van der Waals surface area contributed by atoms with Crippen molar-refractivity contribution >= 4 is 17.2 Å². The highest BCUT2D eigenvalue weighted by atomic mass is 16.6. The van der Waals surface area contributed by atoms with Gasteiger partial charge in [-0.15, -0.1) is 0 Å². The molecule has 0 atom stereocenters. The Morgan fingerprint density at radius 3 is 2.56 bits per heavy atom. The molecule has 5 heteroatoms. The Balaban J connectivity index is 2.31. The van der Waals surface area contributed by atoms with E-state index in [0.29, 0.717) is 11.5 Å². The van der Waals surface area contributed by atoms with Crippen molar-refractivity contribution in [3.8, 4) is 0 Å². The monoisotopic (exact) mass is 215 g/mol. The van der Waals surface area contributed by atoms with Gasteiger partial charge in [-0.3, -0.25) is 10.1 Å². The minimum Gasteiger partial charge on any atom is -0.335 e. The lowest BCUT2D eigenvalue weighted by Gasteiger charge is -2.05. The Morgan fingerprint density at radius 2 is 1.88 bits per heavy atom. The normalized spacial score (nSPS) is 9.75. The molecule has 0 fully saturated rings. The van der Waals surface area contributed by atoms with Gasteiger partial charge in [-0.05, 0) is 18.2 Å². The van der Waals surface area contributed by atoms with E-state index in [4.69, 9.17) is 0 Å². The Labute approximate surface area is 91.9 Å². The number of pyridine rings is 1. The quantitative estimate of drug-likeness (QED) is 0.631. The molecule has 5 nitrogen and oxygen atoms in total. The molecule has 0 saturated carbocycles. The van der Waals surface area contributed by atoms with Crippen LogP contribution in [-0.4, -0.2) is 9.91 Å². The van der Waals surface area contributed by atoms with Crippen LogP contribution in [0.1, 0.15) is 0 Å². The molecule has 1 N–H and O–H groups in total. The van der Waals surface area contributed by atoms with Crippen LogP contribution >= 0.6 is 0 Å². The fourth-order valence-corrected chi connectivity index (χ4v) is 1.31. The number of rotatable bonds is 3. The third kappa shape index (κ3) is 2.14. The lowest BCUT2D eigenvalue weighted by atomic mass is 10.2. The maximum absolute atomic E-state index is 10.8. The zero-order valence-electron chi connectivity index (χ0n) is 8.33. The molecule has 1 aromatic carbocycles. The maximum Gasteiger partial charge on any atom is 0.292 e. The van der Waals surface area contributed by atoms with Crippen LogP contribution in [0.2, 0.25) is 0 Å². The van der Waals surface area contributed by atoms with Crippen molar-refractivity contribution in [3.05, 3.63) is 58.8 Å². The third-order valence-electron chi connectivity index (χ3n) is 2.03. The molecule has 0 bridgehead atoms. The zero-order valence-corrected chi connectivity index (χ0v) is 8.33. The molecule has 0 aliphatic rings. The predicted molar refractivity (Wildman–Crippen MR) is 60.6 cm³/mol. The van der Waals surface area contributed by atoms with E-state index in [0.717, 1.165) is 0 Å². The van der Waals surface area contributed by atoms with Crippen LogP contribution in [0, 0.1) is 10.1 Å². The van der Waals surface area contributed by atoms with Gasteiger partial charge in [0.25, 0.3) is 5.69 Å². The molecule has 0 saturated heterocycles. The topological polar surface area (TPSA) is 68.1 Å². The minimum absolute atomic E-state index is 0.0353. The van der Waals surface area contributed by atoms with Crippen LogP contribution in [0.25, 0.3) is 0 Å². The van der Waals surface area contributed by atoms with Gasteiger partial charge < -0.3 is 5.32 Å². The SMILES string of the molecule is O=[N+]([O-])c1ccccc1Nc1ccccn1. The molecule has 2 aromatic rings. The van der Waals surface area contributed by atoms with Crippen molar-refractivity contribution in [3.63, 3.8) is 0 Å². The van der Waals surface area contributed by atoms with E-state index in [9.17, 15) is 10.1 Å². The van der Waals surface area contributed by atoms with Crippen LogP contribution in [0.15, 0.2) is 48.7 Å². The number of hydrogen-bond donors (Lipinski definition) is 1. The van der Waals surface area contributed by atoms with Crippen molar-refractivity contribution in [2.75, 3.05) is 5.32 Å². The summed E-state index contributed by atoms with van der Waals surface area (Å²) < 4.78 is 0.